The molecule has 1 aromatic carbocycles. The van der Waals surface area contributed by atoms with Crippen LogP contribution in [0.3, 0.4) is 0 Å². The number of nitrogens with zero attached hydrogens (tertiary/aromatic N) is 3. The maximum Gasteiger partial charge on any atom is 0.296 e. The van der Waals surface area contributed by atoms with Gasteiger partial charge in [-0.3, -0.25) is 9.59 Å². The number of imidazole rings is 1. The van der Waals surface area contributed by atoms with E-state index in [0.717, 1.165) is 12.0 Å². The van der Waals surface area contributed by atoms with Crippen LogP contribution in [0.2, 0.25) is 0 Å². The van der Waals surface area contributed by atoms with E-state index >= 15 is 0 Å². The zero-order valence-corrected chi connectivity index (χ0v) is 20.4. The molecular weight excluding hydrogens is 458 g/mol. The second-order valence-electron chi connectivity index (χ2n) is 8.85. The second kappa shape index (κ2) is 9.37. The first-order valence-corrected chi connectivity index (χ1v) is 11.9. The van der Waals surface area contributed by atoms with E-state index in [0.29, 0.717) is 35.0 Å². The molecule has 5 rings (SSSR count). The van der Waals surface area contributed by atoms with Gasteiger partial charge in [-0.2, -0.15) is 0 Å². The minimum Gasteiger partial charge on any atom is -0.505 e. The van der Waals surface area contributed by atoms with Crippen LogP contribution in [0.15, 0.2) is 71.0 Å². The normalized spacial score (nSPS) is 17.3. The number of furan rings is 1. The Morgan fingerprint density at radius 2 is 1.89 bits per heavy atom. The van der Waals surface area contributed by atoms with Gasteiger partial charge in [0.25, 0.3) is 11.7 Å². The third kappa shape index (κ3) is 3.94. The fourth-order valence-corrected chi connectivity index (χ4v) is 4.60. The van der Waals surface area contributed by atoms with Gasteiger partial charge in [0, 0.05) is 6.20 Å². The Morgan fingerprint density at radius 1 is 1.11 bits per heavy atom. The second-order valence-corrected chi connectivity index (χ2v) is 8.85. The SMILES string of the molecule is CCCOc1ccc(C2/C(=C(\O)c3nc4c(C)cccn4c3C)C(=O)C(=O)N2Cc2ccco2)cc1. The molecule has 0 radical (unpaired) electrons. The largest absolute Gasteiger partial charge is 0.505 e. The quantitative estimate of drug-likeness (QED) is 0.226. The fraction of sp³-hybridized carbons (Fsp3) is 0.250. The summed E-state index contributed by atoms with van der Waals surface area (Å²) in [5.41, 5.74) is 3.22. The Labute approximate surface area is 208 Å². The number of ether oxygens (including phenoxy) is 1. The molecule has 1 atom stereocenters. The summed E-state index contributed by atoms with van der Waals surface area (Å²) < 4.78 is 13.0. The molecule has 1 fully saturated rings. The number of Topliss-reactive ketones (excluding diaryl/α,β-unsaturated/α-hetero) is 1. The lowest BCUT2D eigenvalue weighted by Gasteiger charge is -2.24. The van der Waals surface area contributed by atoms with E-state index in [1.807, 2.05) is 55.6 Å². The summed E-state index contributed by atoms with van der Waals surface area (Å²) in [6, 6.07) is 13.7. The van der Waals surface area contributed by atoms with Crippen LogP contribution in [-0.2, 0) is 16.1 Å². The number of aromatic nitrogens is 2. The minimum absolute atomic E-state index is 0.00191. The molecule has 4 heterocycles. The maximum atomic E-state index is 13.3. The number of likely N-dealkylation sites (tertiary alicyclic amines) is 1. The molecular formula is C28H27N3O5. The molecule has 0 aliphatic carbocycles. The first kappa shape index (κ1) is 23.4. The zero-order chi connectivity index (χ0) is 25.4. The number of hydrogen-bond acceptors (Lipinski definition) is 6. The first-order valence-electron chi connectivity index (χ1n) is 11.9. The Bertz CT molecular complexity index is 1470. The van der Waals surface area contributed by atoms with Crippen LogP contribution in [0.5, 0.6) is 5.75 Å². The van der Waals surface area contributed by atoms with Crippen molar-refractivity contribution in [3.05, 3.63) is 94.8 Å². The van der Waals surface area contributed by atoms with Gasteiger partial charge in [0.15, 0.2) is 5.76 Å². The summed E-state index contributed by atoms with van der Waals surface area (Å²) in [5, 5.41) is 11.5. The number of amides is 1. The fourth-order valence-electron chi connectivity index (χ4n) is 4.60. The first-order chi connectivity index (χ1) is 17.4. The highest BCUT2D eigenvalue weighted by Gasteiger charge is 2.47. The van der Waals surface area contributed by atoms with Crippen LogP contribution in [0.25, 0.3) is 11.4 Å². The van der Waals surface area contributed by atoms with Crippen molar-refractivity contribution in [2.45, 2.75) is 39.8 Å². The standard InChI is InChI=1S/C28H27N3O5/c1-4-14-35-20-11-9-19(10-12-20)24-22(26(33)28(34)31(24)16-21-8-6-15-36-21)25(32)23-18(3)30-13-5-7-17(2)27(30)29-23/h5-13,15,24,32H,4,14,16H2,1-3H3/b25-22+. The molecule has 1 saturated heterocycles. The highest BCUT2D eigenvalue weighted by atomic mass is 16.5. The molecule has 8 nitrogen and oxygen atoms in total. The molecule has 0 saturated carbocycles. The molecule has 3 aromatic heterocycles. The van der Waals surface area contributed by atoms with Crippen molar-refractivity contribution in [1.82, 2.24) is 14.3 Å². The Hall–Kier alpha value is -4.33. The van der Waals surface area contributed by atoms with Gasteiger partial charge in [-0.25, -0.2) is 4.98 Å². The number of hydrogen-bond donors (Lipinski definition) is 1. The number of aliphatic hydroxyl groups is 1. The number of aliphatic hydroxyl groups excluding tert-OH is 1. The van der Waals surface area contributed by atoms with Gasteiger partial charge in [0.2, 0.25) is 0 Å². The molecule has 36 heavy (non-hydrogen) atoms. The zero-order valence-electron chi connectivity index (χ0n) is 20.4. The van der Waals surface area contributed by atoms with Crippen molar-refractivity contribution in [1.29, 1.82) is 0 Å². The van der Waals surface area contributed by atoms with Crippen LogP contribution in [0.4, 0.5) is 0 Å². The van der Waals surface area contributed by atoms with E-state index in [1.165, 1.54) is 11.2 Å². The van der Waals surface area contributed by atoms with E-state index in [2.05, 4.69) is 4.98 Å². The van der Waals surface area contributed by atoms with Crippen molar-refractivity contribution >= 4 is 23.1 Å². The molecule has 1 aliphatic heterocycles. The number of benzene rings is 1. The smallest absolute Gasteiger partial charge is 0.296 e. The Balaban J connectivity index is 1.65. The lowest BCUT2D eigenvalue weighted by Crippen LogP contribution is -2.29. The van der Waals surface area contributed by atoms with E-state index in [4.69, 9.17) is 9.15 Å². The maximum absolute atomic E-state index is 13.3. The third-order valence-electron chi connectivity index (χ3n) is 6.42. The van der Waals surface area contributed by atoms with Gasteiger partial charge >= 0.3 is 0 Å². The number of carbonyl (C=O) groups excluding carboxylic acids is 2. The highest BCUT2D eigenvalue weighted by Crippen LogP contribution is 2.41. The van der Waals surface area contributed by atoms with Gasteiger partial charge in [-0.15, -0.1) is 0 Å². The average Bonchev–Trinajstić information content (AvgIpc) is 3.58. The molecule has 184 valence electrons. The topological polar surface area (TPSA) is 97.3 Å². The molecule has 1 N–H and O–H groups in total. The van der Waals surface area contributed by atoms with E-state index in [9.17, 15) is 14.7 Å². The lowest BCUT2D eigenvalue weighted by molar-refractivity contribution is -0.140. The average molecular weight is 486 g/mol. The summed E-state index contributed by atoms with van der Waals surface area (Å²) in [6.07, 6.45) is 4.25. The molecule has 0 spiro atoms. The monoisotopic (exact) mass is 485 g/mol. The van der Waals surface area contributed by atoms with Crippen molar-refractivity contribution < 1.29 is 23.8 Å². The van der Waals surface area contributed by atoms with Gasteiger partial charge < -0.3 is 23.6 Å². The van der Waals surface area contributed by atoms with Crippen LogP contribution >= 0.6 is 0 Å². The van der Waals surface area contributed by atoms with Crippen molar-refractivity contribution in [3.63, 3.8) is 0 Å². The predicted molar refractivity (Wildman–Crippen MR) is 133 cm³/mol. The number of aryl methyl sites for hydroxylation is 2. The Morgan fingerprint density at radius 3 is 2.56 bits per heavy atom. The lowest BCUT2D eigenvalue weighted by atomic mass is 9.96. The van der Waals surface area contributed by atoms with Crippen molar-refractivity contribution in [2.75, 3.05) is 6.61 Å². The van der Waals surface area contributed by atoms with E-state index in [-0.39, 0.29) is 23.6 Å². The third-order valence-corrected chi connectivity index (χ3v) is 6.42. The number of rotatable bonds is 7. The molecule has 1 unspecified atom stereocenters. The van der Waals surface area contributed by atoms with Gasteiger partial charge in [0.1, 0.15) is 22.9 Å². The molecule has 1 aliphatic rings. The Kier molecular flexibility index (Phi) is 6.10. The van der Waals surface area contributed by atoms with Crippen LogP contribution in [0, 0.1) is 13.8 Å². The van der Waals surface area contributed by atoms with E-state index in [1.54, 1.807) is 24.3 Å². The van der Waals surface area contributed by atoms with Gasteiger partial charge in [-0.1, -0.05) is 25.1 Å². The number of ketones is 1. The summed E-state index contributed by atoms with van der Waals surface area (Å²) in [5.74, 6) is -0.544. The minimum atomic E-state index is -0.819. The molecule has 0 bridgehead atoms. The number of carbonyl (C=O) groups is 2. The van der Waals surface area contributed by atoms with Crippen LogP contribution in [-0.4, -0.2) is 37.7 Å². The number of fused-ring (bicyclic) bond motifs is 1. The van der Waals surface area contributed by atoms with Gasteiger partial charge in [-0.05, 0) is 61.7 Å². The molecule has 8 heteroatoms. The molecule has 1 amide bonds. The van der Waals surface area contributed by atoms with E-state index < -0.39 is 17.7 Å². The summed E-state index contributed by atoms with van der Waals surface area (Å²) in [6.45, 7) is 6.44. The molecule has 4 aromatic rings. The predicted octanol–water partition coefficient (Wildman–Crippen LogP) is 4.95. The van der Waals surface area contributed by atoms with Crippen LogP contribution < -0.4 is 4.74 Å². The van der Waals surface area contributed by atoms with Crippen molar-refractivity contribution in [2.24, 2.45) is 0 Å². The summed E-state index contributed by atoms with van der Waals surface area (Å²) >= 11 is 0. The summed E-state index contributed by atoms with van der Waals surface area (Å²) in [7, 11) is 0. The van der Waals surface area contributed by atoms with Crippen LogP contribution in [0.1, 0.15) is 47.7 Å². The van der Waals surface area contributed by atoms with Crippen molar-refractivity contribution in [3.8, 4) is 5.75 Å². The highest BCUT2D eigenvalue weighted by molar-refractivity contribution is 6.46. The van der Waals surface area contributed by atoms with Gasteiger partial charge in [0.05, 0.1) is 36.7 Å². The summed E-state index contributed by atoms with van der Waals surface area (Å²) in [4.78, 5) is 32.6. The number of pyridine rings is 1.